The average molecular weight is 268 g/mol. The predicted octanol–water partition coefficient (Wildman–Crippen LogP) is 0.113. The lowest BCUT2D eigenvalue weighted by molar-refractivity contribution is -0.133. The van der Waals surface area contributed by atoms with Gasteiger partial charge in [-0.3, -0.25) is 4.79 Å². The topological polar surface area (TPSA) is 85.0 Å². The number of anilines is 1. The normalized spacial score (nSPS) is 11.9. The lowest BCUT2D eigenvalue weighted by Gasteiger charge is -2.20. The Morgan fingerprint density at radius 2 is 2.16 bits per heavy atom. The first kappa shape index (κ1) is 15.3. The number of aliphatic hydroxyl groups is 1. The number of ether oxygens (including phenoxy) is 2. The van der Waals surface area contributed by atoms with Gasteiger partial charge in [0.1, 0.15) is 5.75 Å². The summed E-state index contributed by atoms with van der Waals surface area (Å²) in [5, 5.41) is 9.52. The monoisotopic (exact) mass is 268 g/mol. The van der Waals surface area contributed by atoms with Crippen molar-refractivity contribution < 1.29 is 19.4 Å². The molecule has 0 aromatic heterocycles. The van der Waals surface area contributed by atoms with Gasteiger partial charge in [-0.2, -0.15) is 0 Å². The van der Waals surface area contributed by atoms with Crippen LogP contribution in [0.1, 0.15) is 0 Å². The van der Waals surface area contributed by atoms with Crippen LogP contribution in [0, 0.1) is 0 Å². The molecule has 0 radical (unpaired) electrons. The number of nitrogen functional groups attached to an aromatic ring is 1. The Bertz CT molecular complexity index is 411. The summed E-state index contributed by atoms with van der Waals surface area (Å²) < 4.78 is 10.1. The van der Waals surface area contributed by atoms with E-state index in [1.54, 1.807) is 31.3 Å². The molecule has 0 spiro atoms. The Balaban J connectivity index is 2.40. The molecule has 0 fully saturated rings. The van der Waals surface area contributed by atoms with Crippen LogP contribution in [-0.4, -0.2) is 55.9 Å². The molecule has 0 heterocycles. The van der Waals surface area contributed by atoms with E-state index in [0.29, 0.717) is 11.4 Å². The summed E-state index contributed by atoms with van der Waals surface area (Å²) in [4.78, 5) is 13.2. The number of rotatable bonds is 7. The first-order valence-corrected chi connectivity index (χ1v) is 5.93. The van der Waals surface area contributed by atoms with E-state index in [2.05, 4.69) is 0 Å². The fourth-order valence-corrected chi connectivity index (χ4v) is 1.52. The van der Waals surface area contributed by atoms with Crippen molar-refractivity contribution in [3.8, 4) is 5.75 Å². The quantitative estimate of drug-likeness (QED) is 0.686. The molecule has 106 valence electrons. The summed E-state index contributed by atoms with van der Waals surface area (Å²) in [5.41, 5.74) is 6.18. The van der Waals surface area contributed by atoms with Crippen LogP contribution in [0.3, 0.4) is 0 Å². The van der Waals surface area contributed by atoms with Crippen molar-refractivity contribution in [3.05, 3.63) is 24.3 Å². The highest BCUT2D eigenvalue weighted by atomic mass is 16.5. The second-order valence-electron chi connectivity index (χ2n) is 4.21. The number of methoxy groups -OCH3 is 1. The lowest BCUT2D eigenvalue weighted by Crippen LogP contribution is -2.38. The molecule has 6 nitrogen and oxygen atoms in total. The number of hydrogen-bond acceptors (Lipinski definition) is 5. The van der Waals surface area contributed by atoms with Gasteiger partial charge in [-0.25, -0.2) is 0 Å². The number of hydrogen-bond donors (Lipinski definition) is 2. The largest absolute Gasteiger partial charge is 0.482 e. The van der Waals surface area contributed by atoms with Gasteiger partial charge in [0.05, 0.1) is 18.4 Å². The Hall–Kier alpha value is -1.79. The van der Waals surface area contributed by atoms with Gasteiger partial charge >= 0.3 is 0 Å². The maximum absolute atomic E-state index is 11.8. The molecule has 1 rings (SSSR count). The number of nitrogens with zero attached hydrogens (tertiary/aromatic N) is 1. The Morgan fingerprint density at radius 3 is 2.79 bits per heavy atom. The third-order valence-electron chi connectivity index (χ3n) is 2.54. The Kier molecular flexibility index (Phi) is 6.11. The number of likely N-dealkylation sites (N-methyl/N-ethyl adjacent to an activating group) is 1. The van der Waals surface area contributed by atoms with Gasteiger partial charge in [0, 0.05) is 20.7 Å². The number of carbonyl (C=O) groups is 1. The smallest absolute Gasteiger partial charge is 0.260 e. The highest BCUT2D eigenvalue weighted by molar-refractivity contribution is 5.77. The zero-order chi connectivity index (χ0) is 14.3. The Labute approximate surface area is 112 Å². The fraction of sp³-hybridized carbons (Fsp3) is 0.462. The second-order valence-corrected chi connectivity index (χ2v) is 4.21. The highest BCUT2D eigenvalue weighted by Gasteiger charge is 2.14. The predicted molar refractivity (Wildman–Crippen MR) is 71.9 cm³/mol. The first-order chi connectivity index (χ1) is 9.04. The van der Waals surface area contributed by atoms with Crippen molar-refractivity contribution in [1.29, 1.82) is 0 Å². The van der Waals surface area contributed by atoms with Crippen LogP contribution in [0.2, 0.25) is 0 Å². The SMILES string of the molecule is COCC(O)CN(C)C(=O)COc1ccccc1N. The molecule has 0 aliphatic heterocycles. The minimum absolute atomic E-state index is 0.121. The zero-order valence-electron chi connectivity index (χ0n) is 11.2. The van der Waals surface area contributed by atoms with Crippen LogP contribution in [0.5, 0.6) is 5.75 Å². The third-order valence-corrected chi connectivity index (χ3v) is 2.54. The molecular formula is C13H20N2O4. The van der Waals surface area contributed by atoms with E-state index in [1.165, 1.54) is 12.0 Å². The molecule has 0 aliphatic carbocycles. The number of aliphatic hydroxyl groups excluding tert-OH is 1. The van der Waals surface area contributed by atoms with Crippen molar-refractivity contribution in [2.75, 3.05) is 39.6 Å². The molecular weight excluding hydrogens is 248 g/mol. The Morgan fingerprint density at radius 1 is 1.47 bits per heavy atom. The summed E-state index contributed by atoms with van der Waals surface area (Å²) in [6, 6.07) is 6.97. The molecule has 1 aromatic rings. The van der Waals surface area contributed by atoms with Crippen LogP contribution in [-0.2, 0) is 9.53 Å². The molecule has 3 N–H and O–H groups in total. The summed E-state index contributed by atoms with van der Waals surface area (Å²) in [6.07, 6.45) is -0.708. The van der Waals surface area contributed by atoms with E-state index in [0.717, 1.165) is 0 Å². The van der Waals surface area contributed by atoms with Crippen molar-refractivity contribution in [1.82, 2.24) is 4.90 Å². The van der Waals surface area contributed by atoms with Crippen LogP contribution in [0.25, 0.3) is 0 Å². The number of benzene rings is 1. The minimum Gasteiger partial charge on any atom is -0.482 e. The molecule has 0 saturated carbocycles. The van der Waals surface area contributed by atoms with E-state index < -0.39 is 6.10 Å². The van der Waals surface area contributed by atoms with Gasteiger partial charge in [-0.1, -0.05) is 12.1 Å². The molecule has 1 amide bonds. The van der Waals surface area contributed by atoms with E-state index in [4.69, 9.17) is 15.2 Å². The number of carbonyl (C=O) groups excluding carboxylic acids is 1. The second kappa shape index (κ2) is 7.60. The fourth-order valence-electron chi connectivity index (χ4n) is 1.52. The van der Waals surface area contributed by atoms with Gasteiger partial charge in [-0.05, 0) is 12.1 Å². The minimum atomic E-state index is -0.708. The maximum atomic E-state index is 11.8. The number of amides is 1. The summed E-state index contributed by atoms with van der Waals surface area (Å²) >= 11 is 0. The van der Waals surface area contributed by atoms with Crippen LogP contribution < -0.4 is 10.5 Å². The van der Waals surface area contributed by atoms with Crippen molar-refractivity contribution in [2.45, 2.75) is 6.10 Å². The van der Waals surface area contributed by atoms with Crippen molar-refractivity contribution in [3.63, 3.8) is 0 Å². The van der Waals surface area contributed by atoms with Crippen molar-refractivity contribution in [2.24, 2.45) is 0 Å². The zero-order valence-corrected chi connectivity index (χ0v) is 11.2. The molecule has 1 atom stereocenters. The number of nitrogens with two attached hydrogens (primary N) is 1. The van der Waals surface area contributed by atoms with E-state index in [-0.39, 0.29) is 25.7 Å². The molecule has 0 saturated heterocycles. The van der Waals surface area contributed by atoms with E-state index in [9.17, 15) is 9.90 Å². The molecule has 0 aliphatic rings. The summed E-state index contributed by atoms with van der Waals surface area (Å²) in [7, 11) is 3.09. The average Bonchev–Trinajstić information content (AvgIpc) is 2.37. The van der Waals surface area contributed by atoms with Crippen molar-refractivity contribution >= 4 is 11.6 Å². The van der Waals surface area contributed by atoms with Gasteiger partial charge in [0.15, 0.2) is 6.61 Å². The molecule has 1 aromatic carbocycles. The third kappa shape index (κ3) is 5.15. The lowest BCUT2D eigenvalue weighted by atomic mass is 10.3. The number of para-hydroxylation sites is 2. The standard InChI is InChI=1S/C13H20N2O4/c1-15(7-10(16)8-18-2)13(17)9-19-12-6-4-3-5-11(12)14/h3-6,10,16H,7-9,14H2,1-2H3. The summed E-state index contributed by atoms with van der Waals surface area (Å²) in [5.74, 6) is 0.236. The van der Waals surface area contributed by atoms with Gasteiger partial charge in [-0.15, -0.1) is 0 Å². The molecule has 6 heteroatoms. The van der Waals surface area contributed by atoms with Gasteiger partial charge in [0.2, 0.25) is 0 Å². The molecule has 1 unspecified atom stereocenters. The van der Waals surface area contributed by atoms with Crippen LogP contribution in [0.15, 0.2) is 24.3 Å². The highest BCUT2D eigenvalue weighted by Crippen LogP contribution is 2.19. The maximum Gasteiger partial charge on any atom is 0.260 e. The first-order valence-electron chi connectivity index (χ1n) is 5.93. The molecule has 19 heavy (non-hydrogen) atoms. The van der Waals surface area contributed by atoms with Crippen LogP contribution in [0.4, 0.5) is 5.69 Å². The van der Waals surface area contributed by atoms with E-state index >= 15 is 0 Å². The van der Waals surface area contributed by atoms with E-state index in [1.807, 2.05) is 0 Å². The van der Waals surface area contributed by atoms with Gasteiger partial charge < -0.3 is 25.2 Å². The van der Waals surface area contributed by atoms with Gasteiger partial charge in [0.25, 0.3) is 5.91 Å². The molecule has 0 bridgehead atoms. The van der Waals surface area contributed by atoms with Crippen LogP contribution >= 0.6 is 0 Å². The summed E-state index contributed by atoms with van der Waals surface area (Å²) in [6.45, 7) is 0.259.